The fraction of sp³-hybridized carbons (Fsp3) is 0.333. The van der Waals surface area contributed by atoms with Crippen LogP contribution in [0, 0.1) is 13.8 Å². The van der Waals surface area contributed by atoms with E-state index in [9.17, 15) is 0 Å². The second-order valence-corrected chi connectivity index (χ2v) is 5.68. The highest BCUT2D eigenvalue weighted by Gasteiger charge is 2.08. The molecule has 2 rings (SSSR count). The van der Waals surface area contributed by atoms with Crippen LogP contribution in [0.4, 0.5) is 5.69 Å². The fourth-order valence-corrected chi connectivity index (χ4v) is 2.82. The van der Waals surface area contributed by atoms with Crippen molar-refractivity contribution in [1.82, 2.24) is 4.90 Å². The van der Waals surface area contributed by atoms with Gasteiger partial charge in [-0.05, 0) is 55.3 Å². The molecule has 2 aromatic rings. The summed E-state index contributed by atoms with van der Waals surface area (Å²) in [7, 11) is 3.85. The minimum atomic E-state index is 0.817. The fourth-order valence-electron chi connectivity index (χ4n) is 2.82. The summed E-state index contributed by atoms with van der Waals surface area (Å²) in [5.41, 5.74) is 11.6. The zero-order valence-electron chi connectivity index (χ0n) is 13.3. The third-order valence-electron chi connectivity index (χ3n) is 3.58. The number of ether oxygens (including phenoxy) is 1. The SMILES string of the molecule is COc1c(C)cc(CN(C)Cc2cccc(N)c2)cc1C. The van der Waals surface area contributed by atoms with Crippen LogP contribution < -0.4 is 10.5 Å². The van der Waals surface area contributed by atoms with Gasteiger partial charge in [0, 0.05) is 18.8 Å². The molecule has 3 heteroatoms. The van der Waals surface area contributed by atoms with Crippen molar-refractivity contribution in [3.63, 3.8) is 0 Å². The number of rotatable bonds is 5. The summed E-state index contributed by atoms with van der Waals surface area (Å²) >= 11 is 0. The second-order valence-electron chi connectivity index (χ2n) is 5.68. The predicted octanol–water partition coefficient (Wildman–Crippen LogP) is 3.53. The number of aryl methyl sites for hydroxylation is 2. The minimum Gasteiger partial charge on any atom is -0.496 e. The van der Waals surface area contributed by atoms with Crippen molar-refractivity contribution in [2.75, 3.05) is 19.9 Å². The van der Waals surface area contributed by atoms with E-state index in [4.69, 9.17) is 10.5 Å². The average molecular weight is 284 g/mol. The number of anilines is 1. The lowest BCUT2D eigenvalue weighted by molar-refractivity contribution is 0.318. The molecule has 3 nitrogen and oxygen atoms in total. The van der Waals surface area contributed by atoms with E-state index in [0.717, 1.165) is 24.5 Å². The molecule has 0 saturated heterocycles. The Labute approximate surface area is 127 Å². The van der Waals surface area contributed by atoms with Gasteiger partial charge in [0.25, 0.3) is 0 Å². The van der Waals surface area contributed by atoms with Crippen molar-refractivity contribution in [3.05, 3.63) is 58.7 Å². The summed E-state index contributed by atoms with van der Waals surface area (Å²) in [5, 5.41) is 0. The van der Waals surface area contributed by atoms with Crippen molar-refractivity contribution in [3.8, 4) is 5.75 Å². The number of methoxy groups -OCH3 is 1. The molecule has 112 valence electrons. The highest BCUT2D eigenvalue weighted by molar-refractivity contribution is 5.43. The number of nitrogens with zero attached hydrogens (tertiary/aromatic N) is 1. The lowest BCUT2D eigenvalue weighted by atomic mass is 10.1. The highest BCUT2D eigenvalue weighted by Crippen LogP contribution is 2.25. The average Bonchev–Trinajstić information content (AvgIpc) is 2.38. The number of nitrogens with two attached hydrogens (primary N) is 1. The third kappa shape index (κ3) is 3.99. The van der Waals surface area contributed by atoms with Gasteiger partial charge in [-0.2, -0.15) is 0 Å². The topological polar surface area (TPSA) is 38.5 Å². The lowest BCUT2D eigenvalue weighted by Crippen LogP contribution is -2.17. The first-order valence-electron chi connectivity index (χ1n) is 7.16. The van der Waals surface area contributed by atoms with E-state index >= 15 is 0 Å². The maximum absolute atomic E-state index is 5.83. The van der Waals surface area contributed by atoms with Crippen molar-refractivity contribution in [1.29, 1.82) is 0 Å². The van der Waals surface area contributed by atoms with Gasteiger partial charge < -0.3 is 10.5 Å². The molecule has 0 aliphatic heterocycles. The summed E-state index contributed by atoms with van der Waals surface area (Å²) in [6.45, 7) is 5.97. The molecule has 0 saturated carbocycles. The summed E-state index contributed by atoms with van der Waals surface area (Å²) in [6, 6.07) is 12.4. The Morgan fingerprint density at radius 3 is 2.19 bits per heavy atom. The monoisotopic (exact) mass is 284 g/mol. The summed E-state index contributed by atoms with van der Waals surface area (Å²) < 4.78 is 5.42. The molecular formula is C18H24N2O. The number of nitrogen functional groups attached to an aromatic ring is 1. The minimum absolute atomic E-state index is 0.817. The van der Waals surface area contributed by atoms with Crippen LogP contribution in [0.25, 0.3) is 0 Å². The second kappa shape index (κ2) is 6.64. The Kier molecular flexibility index (Phi) is 4.86. The molecule has 0 aromatic heterocycles. The van der Waals surface area contributed by atoms with Gasteiger partial charge >= 0.3 is 0 Å². The van der Waals surface area contributed by atoms with E-state index in [1.54, 1.807) is 7.11 Å². The normalized spacial score (nSPS) is 10.9. The zero-order chi connectivity index (χ0) is 15.4. The van der Waals surface area contributed by atoms with Gasteiger partial charge in [-0.1, -0.05) is 24.3 Å². The maximum atomic E-state index is 5.83. The Bertz CT molecular complexity index is 599. The summed E-state index contributed by atoms with van der Waals surface area (Å²) in [4.78, 5) is 2.29. The molecule has 0 radical (unpaired) electrons. The van der Waals surface area contributed by atoms with Crippen molar-refractivity contribution in [2.45, 2.75) is 26.9 Å². The standard InChI is InChI=1S/C18H24N2O/c1-13-8-16(9-14(2)18(13)21-4)12-20(3)11-15-6-5-7-17(19)10-15/h5-10H,11-12,19H2,1-4H3. The van der Waals surface area contributed by atoms with E-state index < -0.39 is 0 Å². The van der Waals surface area contributed by atoms with E-state index in [-0.39, 0.29) is 0 Å². The largest absolute Gasteiger partial charge is 0.496 e. The van der Waals surface area contributed by atoms with Crippen LogP contribution in [0.3, 0.4) is 0 Å². The van der Waals surface area contributed by atoms with Crippen LogP contribution in [-0.4, -0.2) is 19.1 Å². The van der Waals surface area contributed by atoms with Gasteiger partial charge in [0.05, 0.1) is 7.11 Å². The molecule has 0 unspecified atom stereocenters. The molecule has 0 atom stereocenters. The molecule has 0 fully saturated rings. The van der Waals surface area contributed by atoms with Gasteiger partial charge in [0.15, 0.2) is 0 Å². The Morgan fingerprint density at radius 2 is 1.62 bits per heavy atom. The van der Waals surface area contributed by atoms with Crippen LogP contribution in [-0.2, 0) is 13.1 Å². The molecule has 0 aliphatic rings. The first kappa shape index (κ1) is 15.4. The van der Waals surface area contributed by atoms with Gasteiger partial charge in [-0.25, -0.2) is 0 Å². The molecule has 0 bridgehead atoms. The first-order chi connectivity index (χ1) is 9.99. The molecule has 0 heterocycles. The van der Waals surface area contributed by atoms with E-state index in [2.05, 4.69) is 44.0 Å². The molecule has 0 amide bonds. The third-order valence-corrected chi connectivity index (χ3v) is 3.58. The first-order valence-corrected chi connectivity index (χ1v) is 7.16. The molecular weight excluding hydrogens is 260 g/mol. The molecule has 21 heavy (non-hydrogen) atoms. The Morgan fingerprint density at radius 1 is 1.00 bits per heavy atom. The lowest BCUT2D eigenvalue weighted by Gasteiger charge is -2.19. The molecule has 2 N–H and O–H groups in total. The summed E-state index contributed by atoms with van der Waals surface area (Å²) in [6.07, 6.45) is 0. The quantitative estimate of drug-likeness (QED) is 0.854. The Hall–Kier alpha value is -2.00. The maximum Gasteiger partial charge on any atom is 0.124 e. The van der Waals surface area contributed by atoms with Crippen LogP contribution in [0.2, 0.25) is 0 Å². The van der Waals surface area contributed by atoms with Crippen molar-refractivity contribution >= 4 is 5.69 Å². The number of benzene rings is 2. The van der Waals surface area contributed by atoms with Crippen molar-refractivity contribution < 1.29 is 4.74 Å². The summed E-state index contributed by atoms with van der Waals surface area (Å²) in [5.74, 6) is 0.984. The molecule has 0 aliphatic carbocycles. The van der Waals surface area contributed by atoms with E-state index in [1.165, 1.54) is 22.3 Å². The predicted molar refractivity (Wildman–Crippen MR) is 88.5 cm³/mol. The van der Waals surface area contributed by atoms with Crippen LogP contribution >= 0.6 is 0 Å². The van der Waals surface area contributed by atoms with Crippen LogP contribution in [0.5, 0.6) is 5.75 Å². The van der Waals surface area contributed by atoms with E-state index in [1.807, 2.05) is 18.2 Å². The van der Waals surface area contributed by atoms with Gasteiger partial charge in [0.2, 0.25) is 0 Å². The molecule has 0 spiro atoms. The zero-order valence-corrected chi connectivity index (χ0v) is 13.3. The number of hydrogen-bond donors (Lipinski definition) is 1. The van der Waals surface area contributed by atoms with E-state index in [0.29, 0.717) is 0 Å². The number of hydrogen-bond acceptors (Lipinski definition) is 3. The van der Waals surface area contributed by atoms with Gasteiger partial charge in [-0.3, -0.25) is 4.90 Å². The van der Waals surface area contributed by atoms with Gasteiger partial charge in [0.1, 0.15) is 5.75 Å². The molecule has 2 aromatic carbocycles. The Balaban J connectivity index is 2.07. The van der Waals surface area contributed by atoms with Crippen molar-refractivity contribution in [2.24, 2.45) is 0 Å². The van der Waals surface area contributed by atoms with Crippen LogP contribution in [0.1, 0.15) is 22.3 Å². The smallest absolute Gasteiger partial charge is 0.124 e. The highest BCUT2D eigenvalue weighted by atomic mass is 16.5. The van der Waals surface area contributed by atoms with Crippen LogP contribution in [0.15, 0.2) is 36.4 Å². The van der Waals surface area contributed by atoms with Gasteiger partial charge in [-0.15, -0.1) is 0 Å².